The molecule has 1 saturated carbocycles. The number of rotatable bonds is 9. The van der Waals surface area contributed by atoms with Crippen LogP contribution >= 0.6 is 11.8 Å². The van der Waals surface area contributed by atoms with Gasteiger partial charge in [-0.3, -0.25) is 4.79 Å². The molecule has 0 aromatic carbocycles. The topological polar surface area (TPSA) is 54.5 Å². The maximum atomic E-state index is 12.3. The number of thioether (sulfide) groups is 1. The molecule has 6 heteroatoms. The number of hydrogen-bond donors (Lipinski definition) is 0. The van der Waals surface area contributed by atoms with Gasteiger partial charge in [-0.2, -0.15) is 0 Å². The molecule has 0 spiro atoms. The van der Waals surface area contributed by atoms with E-state index in [1.54, 1.807) is 23.7 Å². The second-order valence-corrected chi connectivity index (χ2v) is 8.31. The van der Waals surface area contributed by atoms with Gasteiger partial charge in [0.1, 0.15) is 6.29 Å². The van der Waals surface area contributed by atoms with Crippen LogP contribution in [0.25, 0.3) is 0 Å². The van der Waals surface area contributed by atoms with Gasteiger partial charge in [-0.25, -0.2) is 0 Å². The van der Waals surface area contributed by atoms with E-state index in [0.29, 0.717) is 17.7 Å². The second-order valence-electron chi connectivity index (χ2n) is 6.63. The number of aldehydes is 1. The highest BCUT2D eigenvalue weighted by Gasteiger charge is 2.26. The summed E-state index contributed by atoms with van der Waals surface area (Å²) < 4.78 is 0. The maximum absolute atomic E-state index is 12.3. The van der Waals surface area contributed by atoms with Crippen LogP contribution < -0.4 is 0 Å². The first-order chi connectivity index (χ1) is 10.9. The van der Waals surface area contributed by atoms with Crippen molar-refractivity contribution in [3.63, 3.8) is 0 Å². The van der Waals surface area contributed by atoms with Crippen LogP contribution in [0.15, 0.2) is 0 Å². The van der Waals surface area contributed by atoms with Crippen LogP contribution in [0.2, 0.25) is 0 Å². The molecule has 1 rings (SSSR count). The van der Waals surface area contributed by atoms with E-state index >= 15 is 0 Å². The monoisotopic (exact) mass is 337 g/mol. The van der Waals surface area contributed by atoms with E-state index in [4.69, 9.17) is 7.85 Å². The van der Waals surface area contributed by atoms with Crippen LogP contribution in [0.5, 0.6) is 0 Å². The SMILES string of the molecule is [B]C(=O)C1CCC(CN(C)C(=O)CC(C=O)SC(C)CC)CC1. The van der Waals surface area contributed by atoms with Gasteiger partial charge < -0.3 is 14.5 Å². The molecule has 0 bridgehead atoms. The van der Waals surface area contributed by atoms with E-state index in [0.717, 1.165) is 38.4 Å². The second kappa shape index (κ2) is 10.2. The minimum Gasteiger partial charge on any atom is -0.345 e. The molecule has 2 atom stereocenters. The Hall–Kier alpha value is -0.775. The third-order valence-corrected chi connectivity index (χ3v) is 6.14. The van der Waals surface area contributed by atoms with Crippen LogP contribution in [0, 0.1) is 11.8 Å². The molecule has 0 aromatic heterocycles. The first kappa shape index (κ1) is 20.3. The van der Waals surface area contributed by atoms with E-state index in [9.17, 15) is 14.4 Å². The Balaban J connectivity index is 2.39. The zero-order valence-corrected chi connectivity index (χ0v) is 15.3. The summed E-state index contributed by atoms with van der Waals surface area (Å²) >= 11 is 1.57. The standard InChI is InChI=1S/C17H28BNO3S/c1-4-12(2)23-15(11-20)9-16(21)19(3)10-13-5-7-14(8-6-13)17(18)22/h11-15H,4-10H2,1-3H3. The number of amides is 1. The summed E-state index contributed by atoms with van der Waals surface area (Å²) in [4.78, 5) is 36.4. The van der Waals surface area contributed by atoms with Crippen molar-refractivity contribution in [3.8, 4) is 0 Å². The Morgan fingerprint density at radius 2 is 1.91 bits per heavy atom. The molecule has 1 amide bonds. The molecule has 0 N–H and O–H groups in total. The quantitative estimate of drug-likeness (QED) is 0.479. The van der Waals surface area contributed by atoms with Gasteiger partial charge in [-0.05, 0) is 38.0 Å². The van der Waals surface area contributed by atoms with Gasteiger partial charge in [0.05, 0.1) is 10.9 Å². The fourth-order valence-electron chi connectivity index (χ4n) is 2.97. The van der Waals surface area contributed by atoms with Crippen molar-refractivity contribution in [2.75, 3.05) is 13.6 Å². The van der Waals surface area contributed by atoms with Gasteiger partial charge in [0.2, 0.25) is 5.91 Å². The smallest absolute Gasteiger partial charge is 0.223 e. The maximum Gasteiger partial charge on any atom is 0.223 e. The molecule has 0 saturated heterocycles. The van der Waals surface area contributed by atoms with Crippen molar-refractivity contribution >= 4 is 37.5 Å². The summed E-state index contributed by atoms with van der Waals surface area (Å²) in [5.41, 5.74) is -0.205. The molecule has 23 heavy (non-hydrogen) atoms. The highest BCUT2D eigenvalue weighted by atomic mass is 32.2. The number of hydrogen-bond acceptors (Lipinski definition) is 4. The summed E-state index contributed by atoms with van der Waals surface area (Å²) in [5, 5.41) is 0.123. The average molecular weight is 337 g/mol. The third kappa shape index (κ3) is 7.11. The third-order valence-electron chi connectivity index (χ3n) is 4.72. The van der Waals surface area contributed by atoms with Gasteiger partial charge in [0.15, 0.2) is 7.85 Å². The molecule has 1 aliphatic carbocycles. The van der Waals surface area contributed by atoms with Gasteiger partial charge in [0, 0.05) is 31.2 Å². The minimum absolute atomic E-state index is 0.00127. The Morgan fingerprint density at radius 1 is 1.30 bits per heavy atom. The van der Waals surface area contributed by atoms with E-state index < -0.39 is 0 Å². The first-order valence-electron chi connectivity index (χ1n) is 8.51. The summed E-state index contributed by atoms with van der Waals surface area (Å²) in [5.74, 6) is 0.449. The van der Waals surface area contributed by atoms with Crippen molar-refractivity contribution in [2.24, 2.45) is 11.8 Å². The van der Waals surface area contributed by atoms with Crippen molar-refractivity contribution < 1.29 is 14.4 Å². The first-order valence-corrected chi connectivity index (χ1v) is 9.45. The van der Waals surface area contributed by atoms with Crippen molar-refractivity contribution in [3.05, 3.63) is 0 Å². The molecule has 0 heterocycles. The van der Waals surface area contributed by atoms with E-state index in [1.807, 2.05) is 0 Å². The molecular weight excluding hydrogens is 309 g/mol. The summed E-state index contributed by atoms with van der Waals surface area (Å²) in [7, 11) is 7.15. The number of nitrogens with zero attached hydrogens (tertiary/aromatic N) is 1. The lowest BCUT2D eigenvalue weighted by molar-refractivity contribution is -0.131. The molecule has 4 nitrogen and oxygen atoms in total. The number of carbonyl (C=O) groups excluding carboxylic acids is 3. The van der Waals surface area contributed by atoms with Crippen LogP contribution in [0.3, 0.4) is 0 Å². The number of carbonyl (C=O) groups is 3. The van der Waals surface area contributed by atoms with Crippen molar-refractivity contribution in [1.82, 2.24) is 4.90 Å². The Kier molecular flexibility index (Phi) is 8.96. The van der Waals surface area contributed by atoms with Gasteiger partial charge >= 0.3 is 0 Å². The van der Waals surface area contributed by atoms with Gasteiger partial charge in [-0.15, -0.1) is 11.8 Å². The lowest BCUT2D eigenvalue weighted by Gasteiger charge is -2.31. The summed E-state index contributed by atoms with van der Waals surface area (Å²) in [6.45, 7) is 4.85. The van der Waals surface area contributed by atoms with Crippen LogP contribution in [-0.2, 0) is 14.4 Å². The fourth-order valence-corrected chi connectivity index (χ4v) is 4.06. The molecule has 2 radical (unpaired) electrons. The highest BCUT2D eigenvalue weighted by molar-refractivity contribution is 8.01. The average Bonchev–Trinajstić information content (AvgIpc) is 2.54. The minimum atomic E-state index is -0.259. The molecule has 1 aliphatic rings. The highest BCUT2D eigenvalue weighted by Crippen LogP contribution is 2.29. The zero-order valence-electron chi connectivity index (χ0n) is 14.5. The predicted octanol–water partition coefficient (Wildman–Crippen LogP) is 2.44. The van der Waals surface area contributed by atoms with Crippen molar-refractivity contribution in [2.45, 2.75) is 62.9 Å². The van der Waals surface area contributed by atoms with Gasteiger partial charge in [0.25, 0.3) is 0 Å². The molecular formula is C17H28BNO3S. The molecule has 0 aromatic rings. The molecule has 2 unspecified atom stereocenters. The Morgan fingerprint density at radius 3 is 2.39 bits per heavy atom. The van der Waals surface area contributed by atoms with E-state index in [-0.39, 0.29) is 29.2 Å². The normalized spacial score (nSPS) is 23.8. The summed E-state index contributed by atoms with van der Waals surface area (Å²) in [6.07, 6.45) is 5.66. The van der Waals surface area contributed by atoms with E-state index in [1.165, 1.54) is 0 Å². The summed E-state index contributed by atoms with van der Waals surface area (Å²) in [6, 6.07) is 0. The molecule has 1 fully saturated rings. The lowest BCUT2D eigenvalue weighted by atomic mass is 9.75. The largest absolute Gasteiger partial charge is 0.345 e. The predicted molar refractivity (Wildman–Crippen MR) is 95.7 cm³/mol. The van der Waals surface area contributed by atoms with Crippen LogP contribution in [-0.4, -0.2) is 54.7 Å². The lowest BCUT2D eigenvalue weighted by Crippen LogP contribution is -2.35. The molecule has 128 valence electrons. The fraction of sp³-hybridized carbons (Fsp3) is 0.824. The van der Waals surface area contributed by atoms with E-state index in [2.05, 4.69) is 13.8 Å². The van der Waals surface area contributed by atoms with Crippen LogP contribution in [0.1, 0.15) is 52.4 Å². The Labute approximate surface area is 145 Å². The zero-order chi connectivity index (χ0) is 17.4. The van der Waals surface area contributed by atoms with Gasteiger partial charge in [-0.1, -0.05) is 13.8 Å². The molecule has 0 aliphatic heterocycles. The van der Waals surface area contributed by atoms with Crippen LogP contribution in [0.4, 0.5) is 0 Å². The Bertz CT molecular complexity index is 411. The van der Waals surface area contributed by atoms with Crippen molar-refractivity contribution in [1.29, 1.82) is 0 Å².